The second-order valence-corrected chi connectivity index (χ2v) is 6.79. The fraction of sp³-hybridized carbons (Fsp3) is 0.526. The highest BCUT2D eigenvalue weighted by atomic mass is 19.1. The second-order valence-electron chi connectivity index (χ2n) is 6.79. The molecule has 0 saturated carbocycles. The molecule has 1 saturated heterocycles. The van der Waals surface area contributed by atoms with Crippen molar-refractivity contribution in [2.75, 3.05) is 13.2 Å². The SMILES string of the molecule is Cc1nn(-c2ccc(F)cc2F)c(C)c1CN1CCCC1CCCO. The number of nitrogens with zero attached hydrogens (tertiary/aromatic N) is 3. The van der Waals surface area contributed by atoms with Crippen molar-refractivity contribution in [1.82, 2.24) is 14.7 Å². The maximum absolute atomic E-state index is 14.1. The summed E-state index contributed by atoms with van der Waals surface area (Å²) in [5.41, 5.74) is 3.12. The number of halogens is 2. The van der Waals surface area contributed by atoms with E-state index in [4.69, 9.17) is 5.11 Å². The van der Waals surface area contributed by atoms with E-state index in [0.29, 0.717) is 6.04 Å². The average molecular weight is 349 g/mol. The van der Waals surface area contributed by atoms with Gasteiger partial charge in [-0.3, -0.25) is 4.90 Å². The van der Waals surface area contributed by atoms with Crippen molar-refractivity contribution in [2.24, 2.45) is 0 Å². The fourth-order valence-corrected chi connectivity index (χ4v) is 3.75. The molecule has 1 aromatic heterocycles. The highest BCUT2D eigenvalue weighted by Gasteiger charge is 2.26. The molecule has 2 heterocycles. The lowest BCUT2D eigenvalue weighted by Crippen LogP contribution is -2.29. The van der Waals surface area contributed by atoms with E-state index in [9.17, 15) is 8.78 Å². The van der Waals surface area contributed by atoms with Gasteiger partial charge in [0, 0.05) is 36.5 Å². The van der Waals surface area contributed by atoms with Gasteiger partial charge in [0.25, 0.3) is 0 Å². The average Bonchev–Trinajstić information content (AvgIpc) is 3.12. The molecule has 6 heteroatoms. The van der Waals surface area contributed by atoms with E-state index in [1.54, 1.807) is 4.68 Å². The van der Waals surface area contributed by atoms with Gasteiger partial charge in [0.1, 0.15) is 11.5 Å². The number of benzene rings is 1. The zero-order valence-corrected chi connectivity index (χ0v) is 14.8. The highest BCUT2D eigenvalue weighted by molar-refractivity contribution is 5.38. The molecule has 1 aromatic carbocycles. The van der Waals surface area contributed by atoms with Crippen molar-refractivity contribution in [2.45, 2.75) is 52.1 Å². The Labute approximate surface area is 147 Å². The van der Waals surface area contributed by atoms with Crippen LogP contribution >= 0.6 is 0 Å². The lowest BCUT2D eigenvalue weighted by atomic mass is 10.1. The summed E-state index contributed by atoms with van der Waals surface area (Å²) in [6.07, 6.45) is 4.13. The van der Waals surface area contributed by atoms with Gasteiger partial charge in [-0.15, -0.1) is 0 Å². The zero-order valence-electron chi connectivity index (χ0n) is 14.8. The van der Waals surface area contributed by atoms with E-state index in [0.717, 1.165) is 61.8 Å². The van der Waals surface area contributed by atoms with Gasteiger partial charge in [0.15, 0.2) is 5.82 Å². The molecular weight excluding hydrogens is 324 g/mol. The first-order valence-electron chi connectivity index (χ1n) is 8.86. The van der Waals surface area contributed by atoms with Crippen LogP contribution in [0.4, 0.5) is 8.78 Å². The highest BCUT2D eigenvalue weighted by Crippen LogP contribution is 2.27. The zero-order chi connectivity index (χ0) is 18.0. The van der Waals surface area contributed by atoms with Crippen LogP contribution in [0.15, 0.2) is 18.2 Å². The number of rotatable bonds is 6. The van der Waals surface area contributed by atoms with Gasteiger partial charge in [-0.1, -0.05) is 0 Å². The normalized spacial score (nSPS) is 18.2. The number of aliphatic hydroxyl groups is 1. The van der Waals surface area contributed by atoms with E-state index in [-0.39, 0.29) is 12.3 Å². The summed E-state index contributed by atoms with van der Waals surface area (Å²) in [5, 5.41) is 13.6. The van der Waals surface area contributed by atoms with Gasteiger partial charge in [-0.05, 0) is 58.2 Å². The Morgan fingerprint density at radius 2 is 2.08 bits per heavy atom. The molecule has 136 valence electrons. The Bertz CT molecular complexity index is 745. The smallest absolute Gasteiger partial charge is 0.151 e. The topological polar surface area (TPSA) is 41.3 Å². The summed E-state index contributed by atoms with van der Waals surface area (Å²) in [4.78, 5) is 2.43. The molecule has 1 fully saturated rings. The van der Waals surface area contributed by atoms with Crippen molar-refractivity contribution in [1.29, 1.82) is 0 Å². The third-order valence-electron chi connectivity index (χ3n) is 5.13. The minimum atomic E-state index is -0.612. The Morgan fingerprint density at radius 1 is 1.28 bits per heavy atom. The van der Waals surface area contributed by atoms with Crippen molar-refractivity contribution >= 4 is 0 Å². The molecule has 1 unspecified atom stereocenters. The first-order valence-corrected chi connectivity index (χ1v) is 8.86. The first-order chi connectivity index (χ1) is 12.0. The van der Waals surface area contributed by atoms with Gasteiger partial charge in [-0.25, -0.2) is 13.5 Å². The number of likely N-dealkylation sites (tertiary alicyclic amines) is 1. The van der Waals surface area contributed by atoms with Crippen LogP contribution < -0.4 is 0 Å². The molecule has 25 heavy (non-hydrogen) atoms. The third-order valence-corrected chi connectivity index (χ3v) is 5.13. The maximum atomic E-state index is 14.1. The molecule has 0 amide bonds. The molecular formula is C19H25F2N3O. The van der Waals surface area contributed by atoms with Crippen LogP contribution in [0.1, 0.15) is 42.6 Å². The number of hydrogen-bond donors (Lipinski definition) is 1. The lowest BCUT2D eigenvalue weighted by Gasteiger charge is -2.24. The van der Waals surface area contributed by atoms with E-state index >= 15 is 0 Å². The van der Waals surface area contributed by atoms with E-state index in [1.807, 2.05) is 13.8 Å². The number of hydrogen-bond acceptors (Lipinski definition) is 3. The second kappa shape index (κ2) is 7.62. The summed E-state index contributed by atoms with van der Waals surface area (Å²) >= 11 is 0. The molecule has 0 radical (unpaired) electrons. The van der Waals surface area contributed by atoms with E-state index < -0.39 is 11.6 Å². The molecule has 0 bridgehead atoms. The van der Waals surface area contributed by atoms with Crippen LogP contribution in [0.3, 0.4) is 0 Å². The minimum absolute atomic E-state index is 0.226. The van der Waals surface area contributed by atoms with Crippen molar-refractivity contribution in [3.05, 3.63) is 46.8 Å². The summed E-state index contributed by atoms with van der Waals surface area (Å²) in [7, 11) is 0. The standard InChI is InChI=1S/C19H25F2N3O/c1-13-17(12-23-9-3-5-16(23)6-4-10-25)14(2)24(22-13)19-8-7-15(20)11-18(19)21/h7-8,11,16,25H,3-6,9-10,12H2,1-2H3. The van der Waals surface area contributed by atoms with Gasteiger partial charge in [-0.2, -0.15) is 5.10 Å². The van der Waals surface area contributed by atoms with Crippen LogP contribution in [0.5, 0.6) is 0 Å². The summed E-state index contributed by atoms with van der Waals surface area (Å²) in [5.74, 6) is -1.20. The van der Waals surface area contributed by atoms with Crippen molar-refractivity contribution in [3.8, 4) is 5.69 Å². The summed E-state index contributed by atoms with van der Waals surface area (Å²) in [6.45, 7) is 5.89. The number of aryl methyl sites for hydroxylation is 1. The van der Waals surface area contributed by atoms with Crippen LogP contribution in [-0.4, -0.2) is 39.0 Å². The van der Waals surface area contributed by atoms with Gasteiger partial charge >= 0.3 is 0 Å². The van der Waals surface area contributed by atoms with Gasteiger partial charge < -0.3 is 5.11 Å². The van der Waals surface area contributed by atoms with E-state index in [1.165, 1.54) is 12.1 Å². The monoisotopic (exact) mass is 349 g/mol. The van der Waals surface area contributed by atoms with Crippen LogP contribution in [0.25, 0.3) is 5.69 Å². The predicted octanol–water partition coefficient (Wildman–Crippen LogP) is 3.50. The van der Waals surface area contributed by atoms with Crippen LogP contribution in [-0.2, 0) is 6.54 Å². The Hall–Kier alpha value is -1.79. The molecule has 1 atom stereocenters. The van der Waals surface area contributed by atoms with Gasteiger partial charge in [0.2, 0.25) is 0 Å². The van der Waals surface area contributed by atoms with Crippen molar-refractivity contribution < 1.29 is 13.9 Å². The lowest BCUT2D eigenvalue weighted by molar-refractivity contribution is 0.209. The molecule has 1 N–H and O–H groups in total. The third kappa shape index (κ3) is 3.75. The molecule has 4 nitrogen and oxygen atoms in total. The van der Waals surface area contributed by atoms with Crippen molar-refractivity contribution in [3.63, 3.8) is 0 Å². The van der Waals surface area contributed by atoms with Crippen LogP contribution in [0, 0.1) is 25.5 Å². The van der Waals surface area contributed by atoms with E-state index in [2.05, 4.69) is 10.00 Å². The maximum Gasteiger partial charge on any atom is 0.151 e. The fourth-order valence-electron chi connectivity index (χ4n) is 3.75. The number of aliphatic hydroxyl groups excluding tert-OH is 1. The number of aromatic nitrogens is 2. The predicted molar refractivity (Wildman–Crippen MR) is 92.7 cm³/mol. The Morgan fingerprint density at radius 3 is 2.80 bits per heavy atom. The van der Waals surface area contributed by atoms with Gasteiger partial charge in [0.05, 0.1) is 5.69 Å². The summed E-state index contributed by atoms with van der Waals surface area (Å²) in [6, 6.07) is 4.04. The summed E-state index contributed by atoms with van der Waals surface area (Å²) < 4.78 is 28.9. The molecule has 3 rings (SSSR count). The Balaban J connectivity index is 1.85. The molecule has 0 aliphatic carbocycles. The first kappa shape index (κ1) is 18.0. The largest absolute Gasteiger partial charge is 0.396 e. The molecule has 0 spiro atoms. The molecule has 1 aliphatic heterocycles. The quantitative estimate of drug-likeness (QED) is 0.868. The Kier molecular flexibility index (Phi) is 5.49. The molecule has 1 aliphatic rings. The minimum Gasteiger partial charge on any atom is -0.396 e. The molecule has 2 aromatic rings. The van der Waals surface area contributed by atoms with Crippen LogP contribution in [0.2, 0.25) is 0 Å².